The van der Waals surface area contributed by atoms with E-state index >= 15 is 0 Å². The summed E-state index contributed by atoms with van der Waals surface area (Å²) in [4.78, 5) is 21.2. The van der Waals surface area contributed by atoms with Gasteiger partial charge >= 0.3 is 0 Å². The lowest BCUT2D eigenvalue weighted by Gasteiger charge is -2.30. The zero-order chi connectivity index (χ0) is 24.5. The van der Waals surface area contributed by atoms with Gasteiger partial charge in [-0.1, -0.05) is 24.8 Å². The number of hydrogen-bond donors (Lipinski definition) is 2. The van der Waals surface area contributed by atoms with E-state index in [1.54, 1.807) is 0 Å². The molecule has 0 radical (unpaired) electrons. The molecule has 4 heterocycles. The molecule has 9 heteroatoms. The molecular formula is C26H33N9. The maximum absolute atomic E-state index is 6.13. The first-order chi connectivity index (χ1) is 16.9. The number of nitrogens with one attached hydrogen (secondary N) is 1. The van der Waals surface area contributed by atoms with Crippen LogP contribution >= 0.6 is 0 Å². The molecule has 4 aromatic rings. The molecule has 1 saturated heterocycles. The number of aromatic nitrogens is 6. The first kappa shape index (κ1) is 23.0. The van der Waals surface area contributed by atoms with Crippen molar-refractivity contribution in [1.29, 1.82) is 0 Å². The molecule has 3 aromatic heterocycles. The Morgan fingerprint density at radius 1 is 1.14 bits per heavy atom. The second-order valence-electron chi connectivity index (χ2n) is 9.54. The predicted octanol–water partition coefficient (Wildman–Crippen LogP) is 4.17. The quantitative estimate of drug-likeness (QED) is 0.417. The lowest BCUT2D eigenvalue weighted by Crippen LogP contribution is -2.40. The molecule has 5 rings (SSSR count). The third kappa shape index (κ3) is 4.64. The fraction of sp³-hybridized carbons (Fsp3) is 0.385. The molecule has 0 spiro atoms. The second kappa shape index (κ2) is 9.50. The molecule has 182 valence electrons. The van der Waals surface area contributed by atoms with Crippen LogP contribution in [0.5, 0.6) is 0 Å². The number of nitrogens with zero attached hydrogens (tertiary/aromatic N) is 7. The first-order valence-corrected chi connectivity index (χ1v) is 12.2. The van der Waals surface area contributed by atoms with Crippen molar-refractivity contribution < 1.29 is 0 Å². The molecule has 35 heavy (non-hydrogen) atoms. The highest BCUT2D eigenvalue weighted by Gasteiger charge is 2.22. The summed E-state index contributed by atoms with van der Waals surface area (Å²) in [6.07, 6.45) is 7.57. The SMILES string of the molecule is C=C(C)c1cn(-c2ccccc2CNc2nc(N3CCC(N)CC3)nc3c2ncn3C(C)C)cn1. The van der Waals surface area contributed by atoms with Crippen molar-refractivity contribution in [3.05, 3.63) is 61.0 Å². The van der Waals surface area contributed by atoms with E-state index in [4.69, 9.17) is 15.7 Å². The molecule has 3 N–H and O–H groups in total. The summed E-state index contributed by atoms with van der Waals surface area (Å²) in [5.74, 6) is 1.46. The zero-order valence-electron chi connectivity index (χ0n) is 20.6. The molecule has 1 fully saturated rings. The van der Waals surface area contributed by atoms with Gasteiger partial charge in [-0.05, 0) is 50.8 Å². The Labute approximate surface area is 205 Å². The van der Waals surface area contributed by atoms with Crippen LogP contribution < -0.4 is 16.0 Å². The van der Waals surface area contributed by atoms with Gasteiger partial charge in [0.2, 0.25) is 5.95 Å². The van der Waals surface area contributed by atoms with E-state index in [0.717, 1.165) is 71.4 Å². The normalized spacial score (nSPS) is 14.7. The molecule has 1 aliphatic rings. The van der Waals surface area contributed by atoms with E-state index in [1.165, 1.54) is 0 Å². The average Bonchev–Trinajstić information content (AvgIpc) is 3.51. The second-order valence-corrected chi connectivity index (χ2v) is 9.54. The number of para-hydroxylation sites is 1. The van der Waals surface area contributed by atoms with Gasteiger partial charge in [-0.2, -0.15) is 9.97 Å². The van der Waals surface area contributed by atoms with E-state index in [9.17, 15) is 0 Å². The number of benzene rings is 1. The van der Waals surface area contributed by atoms with Crippen molar-refractivity contribution in [1.82, 2.24) is 29.1 Å². The third-order valence-electron chi connectivity index (χ3n) is 6.52. The highest BCUT2D eigenvalue weighted by atomic mass is 15.3. The average molecular weight is 472 g/mol. The van der Waals surface area contributed by atoms with Crippen LogP contribution in [0.25, 0.3) is 22.4 Å². The smallest absolute Gasteiger partial charge is 0.229 e. The first-order valence-electron chi connectivity index (χ1n) is 12.2. The van der Waals surface area contributed by atoms with Gasteiger partial charge in [0.15, 0.2) is 17.0 Å². The Morgan fingerprint density at radius 2 is 1.91 bits per heavy atom. The largest absolute Gasteiger partial charge is 0.364 e. The number of hydrogen-bond acceptors (Lipinski definition) is 7. The Balaban J connectivity index is 1.48. The number of fused-ring (bicyclic) bond motifs is 1. The van der Waals surface area contributed by atoms with Gasteiger partial charge in [0.1, 0.15) is 0 Å². The molecule has 1 aliphatic heterocycles. The number of imidazole rings is 2. The molecule has 0 unspecified atom stereocenters. The van der Waals surface area contributed by atoms with Crippen molar-refractivity contribution in [3.8, 4) is 5.69 Å². The van der Waals surface area contributed by atoms with Crippen LogP contribution in [-0.2, 0) is 6.54 Å². The number of piperidine rings is 1. The molecule has 0 amide bonds. The minimum absolute atomic E-state index is 0.245. The Kier molecular flexibility index (Phi) is 6.25. The molecule has 9 nitrogen and oxygen atoms in total. The summed E-state index contributed by atoms with van der Waals surface area (Å²) in [6.45, 7) is 12.5. The number of nitrogens with two attached hydrogens (primary N) is 1. The monoisotopic (exact) mass is 471 g/mol. The highest BCUT2D eigenvalue weighted by molar-refractivity contribution is 5.84. The fourth-order valence-corrected chi connectivity index (χ4v) is 4.41. The maximum atomic E-state index is 6.13. The lowest BCUT2D eigenvalue weighted by molar-refractivity contribution is 0.495. The Hall–Kier alpha value is -3.72. The third-order valence-corrected chi connectivity index (χ3v) is 6.52. The van der Waals surface area contributed by atoms with E-state index in [-0.39, 0.29) is 12.1 Å². The predicted molar refractivity (Wildman–Crippen MR) is 141 cm³/mol. The maximum Gasteiger partial charge on any atom is 0.229 e. The van der Waals surface area contributed by atoms with Crippen molar-refractivity contribution in [2.45, 2.75) is 52.2 Å². The van der Waals surface area contributed by atoms with E-state index in [0.29, 0.717) is 6.54 Å². The molecule has 0 saturated carbocycles. The van der Waals surface area contributed by atoms with Crippen LogP contribution in [0, 0.1) is 0 Å². The number of rotatable bonds is 7. The summed E-state index contributed by atoms with van der Waals surface area (Å²) >= 11 is 0. The summed E-state index contributed by atoms with van der Waals surface area (Å²) in [5, 5.41) is 3.55. The van der Waals surface area contributed by atoms with Crippen LogP contribution in [0.3, 0.4) is 0 Å². The van der Waals surface area contributed by atoms with Crippen LogP contribution in [0.4, 0.5) is 11.8 Å². The van der Waals surface area contributed by atoms with Gasteiger partial charge in [0, 0.05) is 37.9 Å². The van der Waals surface area contributed by atoms with Crippen molar-refractivity contribution >= 4 is 28.5 Å². The lowest BCUT2D eigenvalue weighted by atomic mass is 10.1. The fourth-order valence-electron chi connectivity index (χ4n) is 4.41. The standard InChI is InChI=1S/C26H33N9/c1-17(2)21-14-34(15-29-21)22-8-6-5-7-19(22)13-28-24-23-25(35(16-30-23)18(3)4)32-26(31-24)33-11-9-20(27)10-12-33/h5-8,14-16,18,20H,1,9-13,27H2,2-4H3,(H,28,31,32). The minimum atomic E-state index is 0.245. The molecule has 0 atom stereocenters. The van der Waals surface area contributed by atoms with Gasteiger partial charge in [-0.25, -0.2) is 9.97 Å². The van der Waals surface area contributed by atoms with Crippen molar-refractivity contribution in [2.75, 3.05) is 23.3 Å². The van der Waals surface area contributed by atoms with Crippen molar-refractivity contribution in [2.24, 2.45) is 5.73 Å². The molecule has 0 aliphatic carbocycles. The van der Waals surface area contributed by atoms with Crippen molar-refractivity contribution in [3.63, 3.8) is 0 Å². The van der Waals surface area contributed by atoms with Gasteiger partial charge in [-0.15, -0.1) is 0 Å². The summed E-state index contributed by atoms with van der Waals surface area (Å²) < 4.78 is 4.13. The van der Waals surface area contributed by atoms with E-state index < -0.39 is 0 Å². The van der Waals surface area contributed by atoms with Crippen LogP contribution in [-0.4, -0.2) is 48.2 Å². The van der Waals surface area contributed by atoms with Crippen LogP contribution in [0.2, 0.25) is 0 Å². The minimum Gasteiger partial charge on any atom is -0.364 e. The van der Waals surface area contributed by atoms with Gasteiger partial charge in [0.25, 0.3) is 0 Å². The van der Waals surface area contributed by atoms with Gasteiger partial charge < -0.3 is 25.1 Å². The van der Waals surface area contributed by atoms with Crippen LogP contribution in [0.15, 0.2) is 49.7 Å². The molecular weight excluding hydrogens is 438 g/mol. The molecule has 1 aromatic carbocycles. The Morgan fingerprint density at radius 3 is 2.63 bits per heavy atom. The van der Waals surface area contributed by atoms with Gasteiger partial charge in [0.05, 0.1) is 24.0 Å². The molecule has 0 bridgehead atoms. The number of anilines is 2. The van der Waals surface area contributed by atoms with E-state index in [2.05, 4.69) is 57.3 Å². The van der Waals surface area contributed by atoms with Crippen LogP contribution in [0.1, 0.15) is 50.9 Å². The highest BCUT2D eigenvalue weighted by Crippen LogP contribution is 2.27. The summed E-state index contributed by atoms with van der Waals surface area (Å²) in [7, 11) is 0. The topological polar surface area (TPSA) is 103 Å². The van der Waals surface area contributed by atoms with E-state index in [1.807, 2.05) is 42.5 Å². The Bertz CT molecular complexity index is 1340. The van der Waals surface area contributed by atoms with Gasteiger partial charge in [-0.3, -0.25) is 0 Å². The summed E-state index contributed by atoms with van der Waals surface area (Å²) in [6, 6.07) is 8.77. The number of allylic oxidation sites excluding steroid dienone is 1. The summed E-state index contributed by atoms with van der Waals surface area (Å²) in [5.41, 5.74) is 11.8. The zero-order valence-corrected chi connectivity index (χ0v) is 20.6.